The van der Waals surface area contributed by atoms with Gasteiger partial charge in [0.2, 0.25) is 0 Å². The Labute approximate surface area is 120 Å². The Bertz CT molecular complexity index is 510. The monoisotopic (exact) mass is 271 g/mol. The first kappa shape index (κ1) is 14.6. The van der Waals surface area contributed by atoms with Gasteiger partial charge in [-0.2, -0.15) is 0 Å². The van der Waals surface area contributed by atoms with Crippen molar-refractivity contribution in [1.82, 2.24) is 4.90 Å². The molecule has 1 atom stereocenters. The highest BCUT2D eigenvalue weighted by molar-refractivity contribution is 5.28. The van der Waals surface area contributed by atoms with E-state index >= 15 is 0 Å². The molecule has 3 heteroatoms. The third kappa shape index (κ3) is 4.08. The number of hydrogen-bond donors (Lipinski definition) is 1. The third-order valence-corrected chi connectivity index (χ3v) is 3.28. The molecule has 0 aliphatic rings. The van der Waals surface area contributed by atoms with Crippen LogP contribution in [0.5, 0.6) is 5.75 Å². The lowest BCUT2D eigenvalue weighted by molar-refractivity contribution is 0.124. The van der Waals surface area contributed by atoms with Crippen molar-refractivity contribution in [3.63, 3.8) is 0 Å². The summed E-state index contributed by atoms with van der Waals surface area (Å²) in [6, 6.07) is 17.8. The molecule has 1 unspecified atom stereocenters. The van der Waals surface area contributed by atoms with Gasteiger partial charge in [-0.25, -0.2) is 0 Å². The van der Waals surface area contributed by atoms with Gasteiger partial charge >= 0.3 is 0 Å². The summed E-state index contributed by atoms with van der Waals surface area (Å²) in [6.45, 7) is 1.43. The van der Waals surface area contributed by atoms with Crippen molar-refractivity contribution in [3.05, 3.63) is 65.7 Å². The maximum absolute atomic E-state index is 10.3. The van der Waals surface area contributed by atoms with Gasteiger partial charge in [-0.05, 0) is 30.3 Å². The maximum atomic E-state index is 10.3. The molecule has 0 bridgehead atoms. The lowest BCUT2D eigenvalue weighted by atomic mass is 10.1. The number of hydrogen-bond acceptors (Lipinski definition) is 3. The summed E-state index contributed by atoms with van der Waals surface area (Å²) in [6.07, 6.45) is -0.491. The number of methoxy groups -OCH3 is 1. The van der Waals surface area contributed by atoms with Crippen LogP contribution >= 0.6 is 0 Å². The highest BCUT2D eigenvalue weighted by atomic mass is 16.5. The van der Waals surface area contributed by atoms with Crippen LogP contribution in [-0.4, -0.2) is 30.7 Å². The van der Waals surface area contributed by atoms with Crippen LogP contribution in [0.2, 0.25) is 0 Å². The van der Waals surface area contributed by atoms with Gasteiger partial charge < -0.3 is 9.84 Å². The van der Waals surface area contributed by atoms with Crippen molar-refractivity contribution in [3.8, 4) is 5.75 Å². The van der Waals surface area contributed by atoms with Crippen molar-refractivity contribution < 1.29 is 9.84 Å². The van der Waals surface area contributed by atoms with Gasteiger partial charge in [0.15, 0.2) is 0 Å². The quantitative estimate of drug-likeness (QED) is 0.877. The fourth-order valence-corrected chi connectivity index (χ4v) is 2.19. The second-order valence-electron chi connectivity index (χ2n) is 4.97. The molecule has 106 valence electrons. The molecular weight excluding hydrogens is 250 g/mol. The summed E-state index contributed by atoms with van der Waals surface area (Å²) in [5.41, 5.74) is 2.16. The molecule has 0 saturated carbocycles. The van der Waals surface area contributed by atoms with Crippen LogP contribution in [0.4, 0.5) is 0 Å². The highest BCUT2D eigenvalue weighted by Gasteiger charge is 2.11. The number of aliphatic hydroxyl groups is 1. The third-order valence-electron chi connectivity index (χ3n) is 3.28. The summed E-state index contributed by atoms with van der Waals surface area (Å²) in [4.78, 5) is 2.12. The normalized spacial score (nSPS) is 12.4. The molecule has 20 heavy (non-hydrogen) atoms. The van der Waals surface area contributed by atoms with Gasteiger partial charge in [0.1, 0.15) is 5.75 Å². The first-order valence-corrected chi connectivity index (χ1v) is 6.73. The molecule has 0 amide bonds. The number of aliphatic hydroxyl groups excluding tert-OH is 1. The van der Waals surface area contributed by atoms with E-state index in [0.29, 0.717) is 6.54 Å². The number of nitrogens with zero attached hydrogens (tertiary/aromatic N) is 1. The minimum Gasteiger partial charge on any atom is -0.497 e. The van der Waals surface area contributed by atoms with Crippen LogP contribution in [-0.2, 0) is 6.54 Å². The highest BCUT2D eigenvalue weighted by Crippen LogP contribution is 2.18. The van der Waals surface area contributed by atoms with Gasteiger partial charge in [-0.15, -0.1) is 0 Å². The minimum atomic E-state index is -0.491. The average Bonchev–Trinajstić information content (AvgIpc) is 2.48. The molecule has 0 fully saturated rings. The smallest absolute Gasteiger partial charge is 0.118 e. The van der Waals surface area contributed by atoms with Crippen LogP contribution in [0.1, 0.15) is 17.2 Å². The number of rotatable bonds is 6. The van der Waals surface area contributed by atoms with E-state index in [2.05, 4.69) is 17.0 Å². The van der Waals surface area contributed by atoms with Crippen LogP contribution in [0, 0.1) is 0 Å². The number of ether oxygens (including phenoxy) is 1. The zero-order valence-corrected chi connectivity index (χ0v) is 12.0. The Morgan fingerprint density at radius 3 is 2.30 bits per heavy atom. The van der Waals surface area contributed by atoms with Crippen molar-refractivity contribution in [2.24, 2.45) is 0 Å². The van der Waals surface area contributed by atoms with Gasteiger partial charge in [-0.1, -0.05) is 42.5 Å². The van der Waals surface area contributed by atoms with E-state index in [1.165, 1.54) is 5.56 Å². The molecule has 0 radical (unpaired) electrons. The number of likely N-dealkylation sites (N-methyl/N-ethyl adjacent to an activating group) is 1. The fraction of sp³-hybridized carbons (Fsp3) is 0.294. The van der Waals surface area contributed by atoms with Crippen molar-refractivity contribution in [2.75, 3.05) is 20.7 Å². The predicted octanol–water partition coefficient (Wildman–Crippen LogP) is 2.86. The molecule has 2 aromatic rings. The van der Waals surface area contributed by atoms with Crippen molar-refractivity contribution in [1.29, 1.82) is 0 Å². The second-order valence-corrected chi connectivity index (χ2v) is 4.97. The molecular formula is C17H21NO2. The van der Waals surface area contributed by atoms with Crippen LogP contribution < -0.4 is 4.74 Å². The summed E-state index contributed by atoms with van der Waals surface area (Å²) in [5.74, 6) is 0.804. The Hall–Kier alpha value is -1.84. The standard InChI is InChI=1S/C17H21NO2/c1-18(12-14-6-4-3-5-7-14)13-17(19)15-8-10-16(20-2)11-9-15/h3-11,17,19H,12-13H2,1-2H3. The molecule has 0 heterocycles. The molecule has 0 aliphatic heterocycles. The van der Waals surface area contributed by atoms with Crippen LogP contribution in [0.3, 0.4) is 0 Å². The summed E-state index contributed by atoms with van der Waals surface area (Å²) < 4.78 is 5.12. The summed E-state index contributed by atoms with van der Waals surface area (Å²) in [7, 11) is 3.65. The van der Waals surface area contributed by atoms with Crippen molar-refractivity contribution in [2.45, 2.75) is 12.6 Å². The van der Waals surface area contributed by atoms with Gasteiger partial charge in [0.25, 0.3) is 0 Å². The van der Waals surface area contributed by atoms with Crippen LogP contribution in [0.15, 0.2) is 54.6 Å². The van der Waals surface area contributed by atoms with Gasteiger partial charge in [0.05, 0.1) is 13.2 Å². The van der Waals surface area contributed by atoms with Gasteiger partial charge in [-0.3, -0.25) is 4.90 Å². The maximum Gasteiger partial charge on any atom is 0.118 e. The van der Waals surface area contributed by atoms with E-state index in [1.807, 2.05) is 49.5 Å². The first-order chi connectivity index (χ1) is 9.69. The Balaban J connectivity index is 1.91. The molecule has 0 saturated heterocycles. The van der Waals surface area contributed by atoms with E-state index in [-0.39, 0.29) is 0 Å². The molecule has 3 nitrogen and oxygen atoms in total. The molecule has 0 aliphatic carbocycles. The second kappa shape index (κ2) is 7.08. The topological polar surface area (TPSA) is 32.7 Å². The summed E-state index contributed by atoms with van der Waals surface area (Å²) in [5, 5.41) is 10.3. The molecule has 1 N–H and O–H groups in total. The van der Waals surface area contributed by atoms with Crippen molar-refractivity contribution >= 4 is 0 Å². The van der Waals surface area contributed by atoms with Crippen LogP contribution in [0.25, 0.3) is 0 Å². The molecule has 2 aromatic carbocycles. The zero-order valence-electron chi connectivity index (χ0n) is 12.0. The predicted molar refractivity (Wildman–Crippen MR) is 80.7 cm³/mol. The largest absolute Gasteiger partial charge is 0.497 e. The number of benzene rings is 2. The zero-order chi connectivity index (χ0) is 14.4. The van der Waals surface area contributed by atoms with E-state index in [1.54, 1.807) is 7.11 Å². The summed E-state index contributed by atoms with van der Waals surface area (Å²) >= 11 is 0. The fourth-order valence-electron chi connectivity index (χ4n) is 2.19. The van der Waals surface area contributed by atoms with E-state index < -0.39 is 6.10 Å². The minimum absolute atomic E-state index is 0.491. The lowest BCUT2D eigenvalue weighted by Crippen LogP contribution is -2.24. The molecule has 0 spiro atoms. The van der Waals surface area contributed by atoms with E-state index in [4.69, 9.17) is 4.74 Å². The Morgan fingerprint density at radius 1 is 1.05 bits per heavy atom. The molecule has 0 aromatic heterocycles. The SMILES string of the molecule is COc1ccc(C(O)CN(C)Cc2ccccc2)cc1. The lowest BCUT2D eigenvalue weighted by Gasteiger charge is -2.21. The van der Waals surface area contributed by atoms with E-state index in [9.17, 15) is 5.11 Å². The Morgan fingerprint density at radius 2 is 1.70 bits per heavy atom. The first-order valence-electron chi connectivity index (χ1n) is 6.73. The molecule has 2 rings (SSSR count). The Kier molecular flexibility index (Phi) is 5.16. The van der Waals surface area contributed by atoms with Gasteiger partial charge in [0, 0.05) is 13.1 Å². The average molecular weight is 271 g/mol. The van der Waals surface area contributed by atoms with E-state index in [0.717, 1.165) is 17.9 Å².